The molecule has 1 N–H and O–H groups in total. The van der Waals surface area contributed by atoms with Crippen LogP contribution >= 0.6 is 11.8 Å². The van der Waals surface area contributed by atoms with Crippen LogP contribution in [0.2, 0.25) is 0 Å². The number of rotatable bonds is 9. The maximum Gasteiger partial charge on any atom is 0.277 e. The summed E-state index contributed by atoms with van der Waals surface area (Å²) in [6.45, 7) is 6.09. The predicted octanol–water partition coefficient (Wildman–Crippen LogP) is 3.02. The summed E-state index contributed by atoms with van der Waals surface area (Å²) in [7, 11) is 4.60. The summed E-state index contributed by atoms with van der Waals surface area (Å²) in [4.78, 5) is 12.0. The van der Waals surface area contributed by atoms with Gasteiger partial charge in [-0.25, -0.2) is 0 Å². The summed E-state index contributed by atoms with van der Waals surface area (Å²) in [5, 5.41) is 11.3. The van der Waals surface area contributed by atoms with Gasteiger partial charge in [-0.2, -0.15) is 0 Å². The Balaban J connectivity index is 2.10. The first kappa shape index (κ1) is 20.9. The molecule has 0 saturated carbocycles. The highest BCUT2D eigenvalue weighted by Crippen LogP contribution is 2.41. The van der Waals surface area contributed by atoms with Gasteiger partial charge in [0.2, 0.25) is 17.5 Å². The average Bonchev–Trinajstić information content (AvgIpc) is 3.14. The maximum atomic E-state index is 12.0. The van der Waals surface area contributed by atoms with Crippen molar-refractivity contribution in [3.8, 4) is 28.7 Å². The highest BCUT2D eigenvalue weighted by molar-refractivity contribution is 7.99. The molecule has 0 saturated heterocycles. The second-order valence-electron chi connectivity index (χ2n) is 6.18. The van der Waals surface area contributed by atoms with Gasteiger partial charge in [-0.3, -0.25) is 4.79 Å². The third-order valence-corrected chi connectivity index (χ3v) is 4.85. The number of nitrogens with one attached hydrogen (secondary N) is 1. The van der Waals surface area contributed by atoms with Crippen molar-refractivity contribution in [2.45, 2.75) is 32.0 Å². The minimum Gasteiger partial charge on any atom is -0.493 e. The number of benzene rings is 1. The second-order valence-corrected chi connectivity index (χ2v) is 7.10. The molecule has 2 rings (SSSR count). The molecule has 0 bridgehead atoms. The zero-order chi connectivity index (χ0) is 20.0. The topological polar surface area (TPSA) is 95.7 Å². The van der Waals surface area contributed by atoms with Crippen molar-refractivity contribution < 1.29 is 23.4 Å². The number of methoxy groups -OCH3 is 3. The molecule has 0 aliphatic rings. The Morgan fingerprint density at radius 3 is 2.26 bits per heavy atom. The number of hydrogen-bond acceptors (Lipinski definition) is 8. The van der Waals surface area contributed by atoms with E-state index in [0.29, 0.717) is 39.8 Å². The molecule has 1 atom stereocenters. The number of thioether (sulfide) groups is 1. The van der Waals surface area contributed by atoms with E-state index >= 15 is 0 Å². The molecule has 0 aliphatic carbocycles. The van der Waals surface area contributed by atoms with Crippen LogP contribution < -0.4 is 19.5 Å². The number of aromatic nitrogens is 2. The standard InChI is InChI=1S/C18H25N3O5S/c1-10(2)11(3)19-15(22)9-27-18-21-20-17(26-18)12-7-13(23-4)16(25-6)14(8-12)24-5/h7-8,10-11H,9H2,1-6H3,(H,19,22)/t11-/m1/s1. The summed E-state index contributed by atoms with van der Waals surface area (Å²) in [5.74, 6) is 2.25. The van der Waals surface area contributed by atoms with Crippen molar-refractivity contribution in [3.63, 3.8) is 0 Å². The van der Waals surface area contributed by atoms with E-state index in [9.17, 15) is 4.79 Å². The molecule has 1 aromatic carbocycles. The Labute approximate surface area is 163 Å². The van der Waals surface area contributed by atoms with Gasteiger partial charge in [-0.05, 0) is 25.0 Å². The van der Waals surface area contributed by atoms with E-state index < -0.39 is 0 Å². The van der Waals surface area contributed by atoms with E-state index in [1.807, 2.05) is 6.92 Å². The lowest BCUT2D eigenvalue weighted by Gasteiger charge is -2.16. The van der Waals surface area contributed by atoms with Crippen LogP contribution in [0.25, 0.3) is 11.5 Å². The number of amides is 1. The summed E-state index contributed by atoms with van der Waals surface area (Å²) < 4.78 is 21.6. The van der Waals surface area contributed by atoms with Gasteiger partial charge in [0.25, 0.3) is 5.22 Å². The number of nitrogens with zero attached hydrogens (tertiary/aromatic N) is 2. The van der Waals surface area contributed by atoms with Crippen molar-refractivity contribution in [1.29, 1.82) is 0 Å². The monoisotopic (exact) mass is 395 g/mol. The number of hydrogen-bond donors (Lipinski definition) is 1. The van der Waals surface area contributed by atoms with Gasteiger partial charge >= 0.3 is 0 Å². The zero-order valence-electron chi connectivity index (χ0n) is 16.4. The minimum atomic E-state index is -0.0752. The van der Waals surface area contributed by atoms with Crippen LogP contribution in [0.4, 0.5) is 0 Å². The first-order valence-corrected chi connectivity index (χ1v) is 9.44. The summed E-state index contributed by atoms with van der Waals surface area (Å²) >= 11 is 1.19. The van der Waals surface area contributed by atoms with Crippen molar-refractivity contribution in [3.05, 3.63) is 12.1 Å². The molecular weight excluding hydrogens is 370 g/mol. The van der Waals surface area contributed by atoms with Crippen molar-refractivity contribution in [2.75, 3.05) is 27.1 Å². The van der Waals surface area contributed by atoms with E-state index in [2.05, 4.69) is 29.4 Å². The lowest BCUT2D eigenvalue weighted by atomic mass is 10.1. The van der Waals surface area contributed by atoms with Gasteiger partial charge in [0.15, 0.2) is 11.5 Å². The molecule has 8 nitrogen and oxygen atoms in total. The summed E-state index contributed by atoms with van der Waals surface area (Å²) in [6.07, 6.45) is 0. The third kappa shape index (κ3) is 5.29. The Kier molecular flexibility index (Phi) is 7.35. The van der Waals surface area contributed by atoms with E-state index in [-0.39, 0.29) is 17.7 Å². The van der Waals surface area contributed by atoms with Gasteiger partial charge in [0, 0.05) is 11.6 Å². The van der Waals surface area contributed by atoms with Crippen molar-refractivity contribution in [1.82, 2.24) is 15.5 Å². The van der Waals surface area contributed by atoms with Crippen LogP contribution in [0.5, 0.6) is 17.2 Å². The van der Waals surface area contributed by atoms with Gasteiger partial charge in [0.05, 0.1) is 27.1 Å². The van der Waals surface area contributed by atoms with E-state index in [1.165, 1.54) is 33.1 Å². The highest BCUT2D eigenvalue weighted by atomic mass is 32.2. The molecule has 0 fully saturated rings. The molecule has 0 spiro atoms. The Bertz CT molecular complexity index is 753. The van der Waals surface area contributed by atoms with E-state index in [1.54, 1.807) is 12.1 Å². The van der Waals surface area contributed by atoms with Crippen LogP contribution in [0, 0.1) is 5.92 Å². The van der Waals surface area contributed by atoms with E-state index in [4.69, 9.17) is 18.6 Å². The average molecular weight is 395 g/mol. The fourth-order valence-corrected chi connectivity index (χ4v) is 2.75. The number of ether oxygens (including phenoxy) is 3. The number of carbonyl (C=O) groups is 1. The largest absolute Gasteiger partial charge is 0.493 e. The molecule has 148 valence electrons. The lowest BCUT2D eigenvalue weighted by Crippen LogP contribution is -2.37. The second kappa shape index (κ2) is 9.50. The Hall–Kier alpha value is -2.42. The fourth-order valence-electron chi connectivity index (χ4n) is 2.18. The third-order valence-electron chi connectivity index (χ3n) is 4.03. The normalized spacial score (nSPS) is 12.0. The van der Waals surface area contributed by atoms with Crippen molar-refractivity contribution >= 4 is 17.7 Å². The molecule has 0 aliphatic heterocycles. The molecule has 27 heavy (non-hydrogen) atoms. The van der Waals surface area contributed by atoms with Gasteiger partial charge in [-0.15, -0.1) is 10.2 Å². The van der Waals surface area contributed by atoms with Crippen LogP contribution in [0.3, 0.4) is 0 Å². The van der Waals surface area contributed by atoms with E-state index in [0.717, 1.165) is 0 Å². The van der Waals surface area contributed by atoms with Gasteiger partial charge in [-0.1, -0.05) is 25.6 Å². The SMILES string of the molecule is COc1cc(-c2nnc(SCC(=O)N[C@H](C)C(C)C)o2)cc(OC)c1OC. The van der Waals surface area contributed by atoms with Crippen LogP contribution in [0.1, 0.15) is 20.8 Å². The first-order valence-electron chi connectivity index (χ1n) is 8.45. The van der Waals surface area contributed by atoms with Gasteiger partial charge < -0.3 is 23.9 Å². The lowest BCUT2D eigenvalue weighted by molar-refractivity contribution is -0.119. The van der Waals surface area contributed by atoms with Crippen LogP contribution in [-0.4, -0.2) is 49.2 Å². The molecule has 0 radical (unpaired) electrons. The number of carbonyl (C=O) groups excluding carboxylic acids is 1. The van der Waals surface area contributed by atoms with Crippen LogP contribution in [-0.2, 0) is 4.79 Å². The van der Waals surface area contributed by atoms with Gasteiger partial charge in [0.1, 0.15) is 0 Å². The molecule has 1 aromatic heterocycles. The highest BCUT2D eigenvalue weighted by Gasteiger charge is 2.18. The Morgan fingerprint density at radius 1 is 1.11 bits per heavy atom. The first-order chi connectivity index (χ1) is 12.9. The Morgan fingerprint density at radius 2 is 1.74 bits per heavy atom. The fraction of sp³-hybridized carbons (Fsp3) is 0.500. The maximum absolute atomic E-state index is 12.0. The molecular formula is C18H25N3O5S. The molecule has 1 heterocycles. The smallest absolute Gasteiger partial charge is 0.277 e. The minimum absolute atomic E-state index is 0.0752. The summed E-state index contributed by atoms with van der Waals surface area (Å²) in [6, 6.07) is 3.55. The molecule has 2 aromatic rings. The summed E-state index contributed by atoms with van der Waals surface area (Å²) in [5.41, 5.74) is 0.627. The molecule has 9 heteroatoms. The zero-order valence-corrected chi connectivity index (χ0v) is 17.2. The predicted molar refractivity (Wildman–Crippen MR) is 103 cm³/mol. The molecule has 0 unspecified atom stereocenters. The quantitative estimate of drug-likeness (QED) is 0.648. The van der Waals surface area contributed by atoms with Crippen LogP contribution in [0.15, 0.2) is 21.8 Å². The molecule has 1 amide bonds. The van der Waals surface area contributed by atoms with Crippen molar-refractivity contribution in [2.24, 2.45) is 5.92 Å².